The number of carboxylic acid groups (broad SMARTS) is 1. The molecule has 0 aliphatic carbocycles. The molecule has 5 nitrogen and oxygen atoms in total. The second-order valence-corrected chi connectivity index (χ2v) is 4.92. The maximum Gasteiger partial charge on any atom is 0.338 e. The van der Waals surface area contributed by atoms with Crippen LogP contribution in [0.15, 0.2) is 40.8 Å². The Hall–Kier alpha value is -2.37. The molecule has 0 saturated carbocycles. The molecule has 0 amide bonds. The Bertz CT molecular complexity index is 842. The van der Waals surface area contributed by atoms with Gasteiger partial charge in [-0.1, -0.05) is 17.7 Å². The first kappa shape index (κ1) is 13.6. The molecule has 0 aliphatic heterocycles. The van der Waals surface area contributed by atoms with Crippen molar-refractivity contribution in [2.75, 3.05) is 0 Å². The van der Waals surface area contributed by atoms with Crippen LogP contribution in [0.5, 0.6) is 0 Å². The van der Waals surface area contributed by atoms with Gasteiger partial charge in [-0.15, -0.1) is 0 Å². The minimum atomic E-state index is -1.05. The highest BCUT2D eigenvalue weighted by Gasteiger charge is 2.17. The molecule has 0 atom stereocenters. The number of para-hydroxylation sites is 1. The predicted octanol–water partition coefficient (Wildman–Crippen LogP) is 3.31. The molecule has 1 aromatic heterocycles. The van der Waals surface area contributed by atoms with Crippen LogP contribution in [0, 0.1) is 0 Å². The Morgan fingerprint density at radius 3 is 2.86 bits per heavy atom. The van der Waals surface area contributed by atoms with Gasteiger partial charge in [0.1, 0.15) is 5.52 Å². The molecule has 3 N–H and O–H groups in total. The molecule has 0 fully saturated rings. The zero-order chi connectivity index (χ0) is 15.0. The Balaban J connectivity index is 2.22. The molecule has 0 spiro atoms. The number of rotatable bonds is 3. The second kappa shape index (κ2) is 5.20. The third kappa shape index (κ3) is 2.37. The standard InChI is InChI=1S/C15H11ClN2O3/c16-9-4-5-10(8(6-9)7-17)14-18-13-11(15(19)20)2-1-3-12(13)21-14/h1-6H,7,17H2,(H,19,20). The van der Waals surface area contributed by atoms with Crippen LogP contribution in [0.2, 0.25) is 5.02 Å². The van der Waals surface area contributed by atoms with E-state index >= 15 is 0 Å². The van der Waals surface area contributed by atoms with Gasteiger partial charge in [-0.3, -0.25) is 0 Å². The van der Waals surface area contributed by atoms with E-state index in [0.717, 1.165) is 5.56 Å². The number of benzene rings is 2. The molecule has 0 aliphatic rings. The lowest BCUT2D eigenvalue weighted by Gasteiger charge is -2.04. The summed E-state index contributed by atoms with van der Waals surface area (Å²) in [7, 11) is 0. The molecule has 0 bridgehead atoms. The van der Waals surface area contributed by atoms with Gasteiger partial charge in [0.15, 0.2) is 5.58 Å². The molecule has 3 rings (SSSR count). The first-order valence-electron chi connectivity index (χ1n) is 6.22. The predicted molar refractivity (Wildman–Crippen MR) is 79.3 cm³/mol. The highest BCUT2D eigenvalue weighted by atomic mass is 35.5. The van der Waals surface area contributed by atoms with Crippen molar-refractivity contribution in [1.29, 1.82) is 0 Å². The van der Waals surface area contributed by atoms with Crippen LogP contribution in [0.4, 0.5) is 0 Å². The molecular weight excluding hydrogens is 292 g/mol. The first-order chi connectivity index (χ1) is 10.1. The summed E-state index contributed by atoms with van der Waals surface area (Å²) >= 11 is 5.94. The van der Waals surface area contributed by atoms with Crippen LogP contribution in [0.1, 0.15) is 15.9 Å². The number of hydrogen-bond acceptors (Lipinski definition) is 4. The topological polar surface area (TPSA) is 89.3 Å². The molecule has 0 unspecified atom stereocenters. The third-order valence-electron chi connectivity index (χ3n) is 3.17. The summed E-state index contributed by atoms with van der Waals surface area (Å²) in [4.78, 5) is 15.5. The average molecular weight is 303 g/mol. The van der Waals surface area contributed by atoms with E-state index in [2.05, 4.69) is 4.98 Å². The van der Waals surface area contributed by atoms with Crippen molar-refractivity contribution in [3.05, 3.63) is 52.5 Å². The summed E-state index contributed by atoms with van der Waals surface area (Å²) < 4.78 is 5.65. The Morgan fingerprint density at radius 2 is 2.14 bits per heavy atom. The van der Waals surface area contributed by atoms with Crippen LogP contribution >= 0.6 is 11.6 Å². The van der Waals surface area contributed by atoms with Gasteiger partial charge in [0.25, 0.3) is 0 Å². The van der Waals surface area contributed by atoms with Crippen LogP contribution in [0.3, 0.4) is 0 Å². The van der Waals surface area contributed by atoms with E-state index in [0.29, 0.717) is 27.6 Å². The lowest BCUT2D eigenvalue weighted by atomic mass is 10.1. The van der Waals surface area contributed by atoms with Gasteiger partial charge in [-0.05, 0) is 35.9 Å². The van der Waals surface area contributed by atoms with E-state index < -0.39 is 5.97 Å². The van der Waals surface area contributed by atoms with Crippen molar-refractivity contribution >= 4 is 28.7 Å². The summed E-state index contributed by atoms with van der Waals surface area (Å²) in [5.74, 6) is -0.716. The number of nitrogens with zero attached hydrogens (tertiary/aromatic N) is 1. The van der Waals surface area contributed by atoms with E-state index in [-0.39, 0.29) is 12.1 Å². The lowest BCUT2D eigenvalue weighted by Crippen LogP contribution is -1.99. The summed E-state index contributed by atoms with van der Waals surface area (Å²) in [5, 5.41) is 9.75. The zero-order valence-corrected chi connectivity index (χ0v) is 11.6. The van der Waals surface area contributed by atoms with E-state index in [9.17, 15) is 9.90 Å². The van der Waals surface area contributed by atoms with Gasteiger partial charge >= 0.3 is 5.97 Å². The van der Waals surface area contributed by atoms with E-state index in [1.165, 1.54) is 6.07 Å². The van der Waals surface area contributed by atoms with Crippen molar-refractivity contribution in [3.8, 4) is 11.5 Å². The number of halogens is 1. The minimum absolute atomic E-state index is 0.103. The molecular formula is C15H11ClN2O3. The number of carboxylic acids is 1. The van der Waals surface area contributed by atoms with E-state index in [1.807, 2.05) is 0 Å². The van der Waals surface area contributed by atoms with Crippen LogP contribution in [-0.2, 0) is 6.54 Å². The Morgan fingerprint density at radius 1 is 1.33 bits per heavy atom. The Labute approximate surface area is 125 Å². The molecule has 1 heterocycles. The van der Waals surface area contributed by atoms with Gasteiger partial charge < -0.3 is 15.3 Å². The molecule has 6 heteroatoms. The molecule has 3 aromatic rings. The first-order valence-corrected chi connectivity index (χ1v) is 6.59. The summed E-state index contributed by atoms with van der Waals surface area (Å²) in [5.41, 5.74) is 8.03. The van der Waals surface area contributed by atoms with Crippen molar-refractivity contribution < 1.29 is 14.3 Å². The summed E-state index contributed by atoms with van der Waals surface area (Å²) in [6.07, 6.45) is 0. The number of aromatic carboxylic acids is 1. The highest BCUT2D eigenvalue weighted by molar-refractivity contribution is 6.30. The van der Waals surface area contributed by atoms with E-state index in [4.69, 9.17) is 21.8 Å². The maximum absolute atomic E-state index is 11.2. The van der Waals surface area contributed by atoms with Crippen LogP contribution in [-0.4, -0.2) is 16.1 Å². The van der Waals surface area contributed by atoms with Gasteiger partial charge in [-0.25, -0.2) is 9.78 Å². The van der Waals surface area contributed by atoms with Gasteiger partial charge in [0, 0.05) is 17.1 Å². The molecule has 21 heavy (non-hydrogen) atoms. The monoisotopic (exact) mass is 302 g/mol. The van der Waals surface area contributed by atoms with E-state index in [1.54, 1.807) is 30.3 Å². The number of hydrogen-bond donors (Lipinski definition) is 2. The van der Waals surface area contributed by atoms with Gasteiger partial charge in [0.05, 0.1) is 5.56 Å². The van der Waals surface area contributed by atoms with Crippen LogP contribution in [0.25, 0.3) is 22.6 Å². The number of carbonyl (C=O) groups is 1. The van der Waals surface area contributed by atoms with Crippen molar-refractivity contribution in [3.63, 3.8) is 0 Å². The second-order valence-electron chi connectivity index (χ2n) is 4.48. The number of nitrogens with two attached hydrogens (primary N) is 1. The van der Waals surface area contributed by atoms with Crippen molar-refractivity contribution in [1.82, 2.24) is 4.98 Å². The lowest BCUT2D eigenvalue weighted by molar-refractivity contribution is 0.0699. The SMILES string of the molecule is NCc1cc(Cl)ccc1-c1nc2c(C(=O)O)cccc2o1. The summed E-state index contributed by atoms with van der Waals surface area (Å²) in [6, 6.07) is 9.99. The fourth-order valence-electron chi connectivity index (χ4n) is 2.18. The van der Waals surface area contributed by atoms with Gasteiger partial charge in [-0.2, -0.15) is 0 Å². The fraction of sp³-hybridized carbons (Fsp3) is 0.0667. The normalized spacial score (nSPS) is 11.0. The number of oxazole rings is 1. The highest BCUT2D eigenvalue weighted by Crippen LogP contribution is 2.30. The zero-order valence-electron chi connectivity index (χ0n) is 10.8. The summed E-state index contributed by atoms with van der Waals surface area (Å²) in [6.45, 7) is 0.278. The largest absolute Gasteiger partial charge is 0.478 e. The molecule has 106 valence electrons. The smallest absolute Gasteiger partial charge is 0.338 e. The maximum atomic E-state index is 11.2. The van der Waals surface area contributed by atoms with Crippen molar-refractivity contribution in [2.45, 2.75) is 6.54 Å². The number of fused-ring (bicyclic) bond motifs is 1. The van der Waals surface area contributed by atoms with Crippen molar-refractivity contribution in [2.24, 2.45) is 5.73 Å². The fourth-order valence-corrected chi connectivity index (χ4v) is 2.37. The minimum Gasteiger partial charge on any atom is -0.478 e. The molecule has 2 aromatic carbocycles. The quantitative estimate of drug-likeness (QED) is 0.774. The number of aromatic nitrogens is 1. The molecule has 0 saturated heterocycles. The van der Waals surface area contributed by atoms with Gasteiger partial charge in [0.2, 0.25) is 5.89 Å². The van der Waals surface area contributed by atoms with Crippen LogP contribution < -0.4 is 5.73 Å². The Kier molecular flexibility index (Phi) is 3.37. The third-order valence-corrected chi connectivity index (χ3v) is 3.40. The average Bonchev–Trinajstić information content (AvgIpc) is 2.90. The molecule has 0 radical (unpaired) electrons.